The maximum atomic E-state index is 13.0. The molecule has 11 heavy (non-hydrogen) atoms. The van der Waals surface area contributed by atoms with Crippen molar-refractivity contribution in [2.75, 3.05) is 0 Å². The second-order valence-corrected chi connectivity index (χ2v) is 2.94. The Labute approximate surface area is 72.4 Å². The van der Waals surface area contributed by atoms with Gasteiger partial charge < -0.3 is 4.79 Å². The minimum absolute atomic E-state index is 0.130. The molecule has 0 aliphatic carbocycles. The summed E-state index contributed by atoms with van der Waals surface area (Å²) in [5, 5.41) is 0. The summed E-state index contributed by atoms with van der Waals surface area (Å²) in [5.74, 6) is -0.348. The fourth-order valence-electron chi connectivity index (χ4n) is 0.796. The largest absolute Gasteiger partial charge is 0.303 e. The van der Waals surface area contributed by atoms with E-state index in [9.17, 15) is 9.18 Å². The van der Waals surface area contributed by atoms with Crippen LogP contribution in [-0.4, -0.2) is 6.29 Å². The zero-order valence-corrected chi connectivity index (χ0v) is 7.27. The van der Waals surface area contributed by atoms with Crippen LogP contribution in [-0.2, 0) is 11.2 Å². The van der Waals surface area contributed by atoms with Gasteiger partial charge in [-0.15, -0.1) is 0 Å². The van der Waals surface area contributed by atoms with E-state index in [0.717, 1.165) is 0 Å². The highest BCUT2D eigenvalue weighted by molar-refractivity contribution is 9.10. The molecule has 0 radical (unpaired) electrons. The van der Waals surface area contributed by atoms with Gasteiger partial charge in [-0.25, -0.2) is 4.39 Å². The molecule has 0 saturated carbocycles. The maximum Gasteiger partial charge on any atom is 0.140 e. The van der Waals surface area contributed by atoms with E-state index in [-0.39, 0.29) is 12.2 Å². The summed E-state index contributed by atoms with van der Waals surface area (Å²) in [7, 11) is 0. The first-order valence-corrected chi connectivity index (χ1v) is 3.91. The molecule has 0 saturated heterocycles. The van der Waals surface area contributed by atoms with Crippen molar-refractivity contribution in [3.63, 3.8) is 0 Å². The quantitative estimate of drug-likeness (QED) is 0.694. The van der Waals surface area contributed by atoms with Gasteiger partial charge in [0, 0.05) is 6.42 Å². The second kappa shape index (κ2) is 3.62. The van der Waals surface area contributed by atoms with Gasteiger partial charge in [-0.1, -0.05) is 12.1 Å². The molecular weight excluding hydrogens is 211 g/mol. The molecule has 1 nitrogen and oxygen atoms in total. The van der Waals surface area contributed by atoms with Crippen LogP contribution in [0.15, 0.2) is 22.7 Å². The highest BCUT2D eigenvalue weighted by atomic mass is 79.9. The summed E-state index contributed by atoms with van der Waals surface area (Å²) in [6.07, 6.45) is 0.816. The Balaban J connectivity index is 3.05. The Hall–Kier alpha value is -0.700. The number of rotatable bonds is 2. The van der Waals surface area contributed by atoms with E-state index in [1.54, 1.807) is 18.2 Å². The van der Waals surface area contributed by atoms with E-state index in [1.807, 2.05) is 0 Å². The van der Waals surface area contributed by atoms with Crippen molar-refractivity contribution in [2.45, 2.75) is 6.42 Å². The highest BCUT2D eigenvalue weighted by Gasteiger charge is 2.03. The molecule has 3 heteroatoms. The fraction of sp³-hybridized carbons (Fsp3) is 0.125. The van der Waals surface area contributed by atoms with Gasteiger partial charge in [-0.3, -0.25) is 0 Å². The second-order valence-electron chi connectivity index (χ2n) is 2.08. The van der Waals surface area contributed by atoms with Gasteiger partial charge in [0.1, 0.15) is 12.1 Å². The molecule has 0 amide bonds. The predicted molar refractivity (Wildman–Crippen MR) is 43.9 cm³/mol. The number of aldehydes is 1. The van der Waals surface area contributed by atoms with E-state index in [2.05, 4.69) is 15.9 Å². The van der Waals surface area contributed by atoms with Crippen LogP contribution in [0.3, 0.4) is 0 Å². The van der Waals surface area contributed by atoms with Gasteiger partial charge in [0.25, 0.3) is 0 Å². The maximum absolute atomic E-state index is 13.0. The Morgan fingerprint density at radius 3 is 2.91 bits per heavy atom. The monoisotopic (exact) mass is 216 g/mol. The number of benzene rings is 1. The molecule has 0 aliphatic rings. The van der Waals surface area contributed by atoms with E-state index >= 15 is 0 Å². The summed E-state index contributed by atoms with van der Waals surface area (Å²) < 4.78 is 13.4. The minimum atomic E-state index is -0.348. The van der Waals surface area contributed by atoms with Crippen molar-refractivity contribution in [2.24, 2.45) is 0 Å². The SMILES string of the molecule is O=CCc1cccc(Br)c1F. The first-order chi connectivity index (χ1) is 5.25. The number of halogens is 2. The van der Waals surface area contributed by atoms with Crippen LogP contribution in [0.1, 0.15) is 5.56 Å². The average molecular weight is 217 g/mol. The van der Waals surface area contributed by atoms with Crippen LogP contribution >= 0.6 is 15.9 Å². The number of carbonyl (C=O) groups is 1. The summed E-state index contributed by atoms with van der Waals surface area (Å²) in [6, 6.07) is 4.89. The Bertz CT molecular complexity index is 273. The highest BCUT2D eigenvalue weighted by Crippen LogP contribution is 2.18. The number of hydrogen-bond acceptors (Lipinski definition) is 1. The zero-order chi connectivity index (χ0) is 8.27. The van der Waals surface area contributed by atoms with Crippen molar-refractivity contribution in [3.8, 4) is 0 Å². The first kappa shape index (κ1) is 8.40. The van der Waals surface area contributed by atoms with Crippen LogP contribution in [0.2, 0.25) is 0 Å². The van der Waals surface area contributed by atoms with E-state index < -0.39 is 0 Å². The molecule has 0 spiro atoms. The van der Waals surface area contributed by atoms with Crippen LogP contribution in [0.25, 0.3) is 0 Å². The fourth-order valence-corrected chi connectivity index (χ4v) is 1.20. The van der Waals surface area contributed by atoms with Crippen molar-refractivity contribution in [3.05, 3.63) is 34.1 Å². The van der Waals surface area contributed by atoms with Crippen LogP contribution in [0.4, 0.5) is 4.39 Å². The summed E-state index contributed by atoms with van der Waals surface area (Å²) in [5.41, 5.74) is 0.425. The van der Waals surface area contributed by atoms with Gasteiger partial charge in [-0.2, -0.15) is 0 Å². The minimum Gasteiger partial charge on any atom is -0.303 e. The third-order valence-corrected chi connectivity index (χ3v) is 1.95. The van der Waals surface area contributed by atoms with Gasteiger partial charge in [-0.05, 0) is 27.6 Å². The molecule has 0 atom stereocenters. The third kappa shape index (κ3) is 1.87. The molecule has 0 aliphatic heterocycles. The van der Waals surface area contributed by atoms with Crippen molar-refractivity contribution >= 4 is 22.2 Å². The average Bonchev–Trinajstić information content (AvgIpc) is 1.99. The summed E-state index contributed by atoms with van der Waals surface area (Å²) in [4.78, 5) is 10.1. The van der Waals surface area contributed by atoms with Gasteiger partial charge in [0.05, 0.1) is 4.47 Å². The van der Waals surface area contributed by atoms with Gasteiger partial charge in [0.2, 0.25) is 0 Å². The molecule has 58 valence electrons. The summed E-state index contributed by atoms with van der Waals surface area (Å²) >= 11 is 3.03. The van der Waals surface area contributed by atoms with Crippen LogP contribution < -0.4 is 0 Å². The lowest BCUT2D eigenvalue weighted by atomic mass is 10.1. The molecule has 0 bridgehead atoms. The van der Waals surface area contributed by atoms with Crippen LogP contribution in [0.5, 0.6) is 0 Å². The lowest BCUT2D eigenvalue weighted by molar-refractivity contribution is -0.107. The molecule has 1 aromatic rings. The Morgan fingerprint density at radius 1 is 1.55 bits per heavy atom. The number of carbonyl (C=O) groups excluding carboxylic acids is 1. The first-order valence-electron chi connectivity index (χ1n) is 3.12. The van der Waals surface area contributed by atoms with Crippen molar-refractivity contribution < 1.29 is 9.18 Å². The van der Waals surface area contributed by atoms with Gasteiger partial charge in [0.15, 0.2) is 0 Å². The van der Waals surface area contributed by atoms with E-state index in [4.69, 9.17) is 0 Å². The molecule has 1 rings (SSSR count). The Morgan fingerprint density at radius 2 is 2.27 bits per heavy atom. The summed E-state index contributed by atoms with van der Waals surface area (Å²) in [6.45, 7) is 0. The van der Waals surface area contributed by atoms with E-state index in [0.29, 0.717) is 16.3 Å². The number of hydrogen-bond donors (Lipinski definition) is 0. The van der Waals surface area contributed by atoms with Gasteiger partial charge >= 0.3 is 0 Å². The molecule has 0 unspecified atom stereocenters. The molecule has 0 fully saturated rings. The van der Waals surface area contributed by atoms with Crippen molar-refractivity contribution in [1.82, 2.24) is 0 Å². The molecule has 0 heterocycles. The van der Waals surface area contributed by atoms with Crippen molar-refractivity contribution in [1.29, 1.82) is 0 Å². The topological polar surface area (TPSA) is 17.1 Å². The normalized spacial score (nSPS) is 9.64. The lowest BCUT2D eigenvalue weighted by Crippen LogP contribution is -1.91. The molecule has 1 aromatic carbocycles. The molecule has 0 aromatic heterocycles. The molecular formula is C8H6BrFO. The molecule has 0 N–H and O–H groups in total. The van der Waals surface area contributed by atoms with E-state index in [1.165, 1.54) is 0 Å². The Kier molecular flexibility index (Phi) is 2.76. The lowest BCUT2D eigenvalue weighted by Gasteiger charge is -1.98. The standard InChI is InChI=1S/C8H6BrFO/c9-7-3-1-2-6(4-5-11)8(7)10/h1-3,5H,4H2. The predicted octanol–water partition coefficient (Wildman–Crippen LogP) is 2.33. The smallest absolute Gasteiger partial charge is 0.140 e. The third-order valence-electron chi connectivity index (χ3n) is 1.33. The zero-order valence-electron chi connectivity index (χ0n) is 5.68. The van der Waals surface area contributed by atoms with Crippen LogP contribution in [0, 0.1) is 5.82 Å².